The highest BCUT2D eigenvalue weighted by molar-refractivity contribution is 7.09. The van der Waals surface area contributed by atoms with Crippen LogP contribution in [-0.4, -0.2) is 5.54 Å². The Labute approximate surface area is 96.7 Å². The van der Waals surface area contributed by atoms with E-state index in [1.54, 1.807) is 0 Å². The van der Waals surface area contributed by atoms with Crippen LogP contribution in [0, 0.1) is 11.8 Å². The van der Waals surface area contributed by atoms with Gasteiger partial charge in [-0.1, -0.05) is 19.9 Å². The molecular weight excluding hydrogens is 202 g/mol. The van der Waals surface area contributed by atoms with Crippen LogP contribution in [0.25, 0.3) is 0 Å². The zero-order valence-corrected chi connectivity index (χ0v) is 10.5. The largest absolute Gasteiger partial charge is 0.325 e. The summed E-state index contributed by atoms with van der Waals surface area (Å²) in [5.41, 5.74) is 6.60. The Bertz CT molecular complexity index is 294. The Hall–Kier alpha value is -0.340. The monoisotopic (exact) mass is 223 g/mol. The topological polar surface area (TPSA) is 26.0 Å². The summed E-state index contributed by atoms with van der Waals surface area (Å²) in [7, 11) is 0. The van der Waals surface area contributed by atoms with Gasteiger partial charge in [0.15, 0.2) is 0 Å². The zero-order valence-electron chi connectivity index (χ0n) is 9.70. The highest BCUT2D eigenvalue weighted by Gasteiger charge is 2.34. The first kappa shape index (κ1) is 11.2. The molecule has 2 N–H and O–H groups in total. The lowest BCUT2D eigenvalue weighted by Crippen LogP contribution is -2.47. The van der Waals surface area contributed by atoms with E-state index in [2.05, 4.69) is 31.4 Å². The van der Waals surface area contributed by atoms with Gasteiger partial charge in [-0.05, 0) is 49.0 Å². The fourth-order valence-corrected chi connectivity index (χ4v) is 4.09. The maximum absolute atomic E-state index is 6.54. The number of thiophene rings is 1. The van der Waals surface area contributed by atoms with Crippen LogP contribution in [0.3, 0.4) is 0 Å². The Morgan fingerprint density at radius 3 is 2.60 bits per heavy atom. The fourth-order valence-electron chi connectivity index (χ4n) is 3.23. The first-order valence-corrected chi connectivity index (χ1v) is 6.77. The minimum absolute atomic E-state index is 0.0575. The lowest BCUT2D eigenvalue weighted by atomic mass is 9.70. The minimum Gasteiger partial charge on any atom is -0.325 e. The molecule has 2 atom stereocenters. The SMILES string of the molecule is CC1CC(C)CC(N)(Cc2cccs2)C1. The van der Waals surface area contributed by atoms with Gasteiger partial charge in [-0.15, -0.1) is 11.3 Å². The van der Waals surface area contributed by atoms with Gasteiger partial charge in [0.1, 0.15) is 0 Å². The van der Waals surface area contributed by atoms with Gasteiger partial charge in [0, 0.05) is 10.4 Å². The smallest absolute Gasteiger partial charge is 0.0208 e. The van der Waals surface area contributed by atoms with Gasteiger partial charge < -0.3 is 5.73 Å². The van der Waals surface area contributed by atoms with Gasteiger partial charge in [-0.2, -0.15) is 0 Å². The Kier molecular flexibility index (Phi) is 3.17. The number of rotatable bonds is 2. The number of hydrogen-bond donors (Lipinski definition) is 1. The summed E-state index contributed by atoms with van der Waals surface area (Å²) >= 11 is 1.84. The molecule has 1 saturated carbocycles. The second-order valence-electron chi connectivity index (χ2n) is 5.47. The third-order valence-corrected chi connectivity index (χ3v) is 4.30. The van der Waals surface area contributed by atoms with Crippen LogP contribution in [0.2, 0.25) is 0 Å². The second kappa shape index (κ2) is 4.26. The van der Waals surface area contributed by atoms with E-state index < -0.39 is 0 Å². The van der Waals surface area contributed by atoms with Gasteiger partial charge in [-0.25, -0.2) is 0 Å². The lowest BCUT2D eigenvalue weighted by Gasteiger charge is -2.40. The van der Waals surface area contributed by atoms with Crippen molar-refractivity contribution in [3.8, 4) is 0 Å². The third-order valence-electron chi connectivity index (χ3n) is 3.42. The molecule has 1 aromatic rings. The van der Waals surface area contributed by atoms with E-state index in [0.29, 0.717) is 0 Å². The molecule has 2 heteroatoms. The van der Waals surface area contributed by atoms with Gasteiger partial charge in [0.05, 0.1) is 0 Å². The molecule has 1 aliphatic carbocycles. The van der Waals surface area contributed by atoms with Crippen molar-refractivity contribution in [3.05, 3.63) is 22.4 Å². The third kappa shape index (κ3) is 2.82. The second-order valence-corrected chi connectivity index (χ2v) is 6.51. The van der Waals surface area contributed by atoms with Crippen LogP contribution in [0.4, 0.5) is 0 Å². The molecular formula is C13H21NS. The van der Waals surface area contributed by atoms with Gasteiger partial charge in [0.25, 0.3) is 0 Å². The molecule has 0 aliphatic heterocycles. The van der Waals surface area contributed by atoms with E-state index in [1.165, 1.54) is 24.1 Å². The average molecular weight is 223 g/mol. The summed E-state index contributed by atoms with van der Waals surface area (Å²) in [6, 6.07) is 4.34. The predicted octanol–water partition coefficient (Wildman–Crippen LogP) is 3.44. The van der Waals surface area contributed by atoms with Gasteiger partial charge in [0.2, 0.25) is 0 Å². The van der Waals surface area contributed by atoms with Crippen molar-refractivity contribution >= 4 is 11.3 Å². The predicted molar refractivity (Wildman–Crippen MR) is 67.1 cm³/mol. The quantitative estimate of drug-likeness (QED) is 0.816. The van der Waals surface area contributed by atoms with Crippen molar-refractivity contribution in [1.29, 1.82) is 0 Å². The maximum atomic E-state index is 6.54. The van der Waals surface area contributed by atoms with Crippen LogP contribution in [0.1, 0.15) is 38.0 Å². The molecule has 1 heterocycles. The summed E-state index contributed by atoms with van der Waals surface area (Å²) in [5, 5.41) is 2.15. The van der Waals surface area contributed by atoms with Crippen molar-refractivity contribution in [2.75, 3.05) is 0 Å². The number of nitrogens with two attached hydrogens (primary N) is 1. The summed E-state index contributed by atoms with van der Waals surface area (Å²) < 4.78 is 0. The molecule has 2 unspecified atom stereocenters. The van der Waals surface area contributed by atoms with Crippen molar-refractivity contribution < 1.29 is 0 Å². The number of hydrogen-bond acceptors (Lipinski definition) is 2. The van der Waals surface area contributed by atoms with E-state index in [4.69, 9.17) is 5.73 Å². The molecule has 1 nitrogen and oxygen atoms in total. The van der Waals surface area contributed by atoms with Crippen molar-refractivity contribution in [2.45, 2.75) is 45.1 Å². The molecule has 0 aromatic carbocycles. The summed E-state index contributed by atoms with van der Waals surface area (Å²) in [4.78, 5) is 1.44. The average Bonchev–Trinajstić information content (AvgIpc) is 2.52. The van der Waals surface area contributed by atoms with E-state index in [1.807, 2.05) is 11.3 Å². The summed E-state index contributed by atoms with van der Waals surface area (Å²) in [5.74, 6) is 1.58. The highest BCUT2D eigenvalue weighted by Crippen LogP contribution is 2.36. The first-order chi connectivity index (χ1) is 7.07. The molecule has 0 spiro atoms. The Morgan fingerprint density at radius 2 is 2.07 bits per heavy atom. The van der Waals surface area contributed by atoms with E-state index in [9.17, 15) is 0 Å². The molecule has 1 aromatic heterocycles. The van der Waals surface area contributed by atoms with E-state index in [0.717, 1.165) is 18.3 Å². The van der Waals surface area contributed by atoms with E-state index >= 15 is 0 Å². The molecule has 15 heavy (non-hydrogen) atoms. The maximum Gasteiger partial charge on any atom is 0.0208 e. The van der Waals surface area contributed by atoms with Crippen molar-refractivity contribution in [3.63, 3.8) is 0 Å². The van der Waals surface area contributed by atoms with Crippen LogP contribution in [0.15, 0.2) is 17.5 Å². The standard InChI is InChI=1S/C13H21NS/c1-10-6-11(2)8-13(14,7-10)9-12-4-3-5-15-12/h3-5,10-11H,6-9,14H2,1-2H3. The molecule has 84 valence electrons. The van der Waals surface area contributed by atoms with Gasteiger partial charge >= 0.3 is 0 Å². The molecule has 1 fully saturated rings. The van der Waals surface area contributed by atoms with E-state index in [-0.39, 0.29) is 5.54 Å². The molecule has 0 radical (unpaired) electrons. The van der Waals surface area contributed by atoms with Crippen LogP contribution in [0.5, 0.6) is 0 Å². The molecule has 0 bridgehead atoms. The van der Waals surface area contributed by atoms with Crippen molar-refractivity contribution in [1.82, 2.24) is 0 Å². The summed E-state index contributed by atoms with van der Waals surface area (Å²) in [6.07, 6.45) is 4.80. The van der Waals surface area contributed by atoms with Crippen LogP contribution < -0.4 is 5.73 Å². The molecule has 2 rings (SSSR count). The lowest BCUT2D eigenvalue weighted by molar-refractivity contribution is 0.183. The van der Waals surface area contributed by atoms with Crippen LogP contribution in [-0.2, 0) is 6.42 Å². The Morgan fingerprint density at radius 1 is 1.40 bits per heavy atom. The van der Waals surface area contributed by atoms with Crippen LogP contribution >= 0.6 is 11.3 Å². The normalized spacial score (nSPS) is 36.7. The zero-order chi connectivity index (χ0) is 10.9. The molecule has 0 amide bonds. The molecule has 1 aliphatic rings. The fraction of sp³-hybridized carbons (Fsp3) is 0.692. The first-order valence-electron chi connectivity index (χ1n) is 5.89. The molecule has 0 saturated heterocycles. The minimum atomic E-state index is 0.0575. The summed E-state index contributed by atoms with van der Waals surface area (Å²) in [6.45, 7) is 4.68. The van der Waals surface area contributed by atoms with Crippen molar-refractivity contribution in [2.24, 2.45) is 17.6 Å². The van der Waals surface area contributed by atoms with Gasteiger partial charge in [-0.3, -0.25) is 0 Å². The Balaban J connectivity index is 2.05. The highest BCUT2D eigenvalue weighted by atomic mass is 32.1.